The van der Waals surface area contributed by atoms with Gasteiger partial charge in [-0.2, -0.15) is 0 Å². The van der Waals surface area contributed by atoms with Gasteiger partial charge in [0.05, 0.1) is 0 Å². The van der Waals surface area contributed by atoms with E-state index in [9.17, 15) is 9.59 Å². The fourth-order valence-corrected chi connectivity index (χ4v) is 4.92. The van der Waals surface area contributed by atoms with Crippen molar-refractivity contribution >= 4 is 11.8 Å². The van der Waals surface area contributed by atoms with Crippen molar-refractivity contribution in [3.63, 3.8) is 0 Å². The van der Waals surface area contributed by atoms with Crippen LogP contribution in [0.3, 0.4) is 0 Å². The molecule has 3 atom stereocenters. The van der Waals surface area contributed by atoms with Crippen LogP contribution >= 0.6 is 0 Å². The number of nitrogens with zero attached hydrogens (tertiary/aromatic N) is 2. The molecule has 1 aliphatic heterocycles. The molecule has 0 radical (unpaired) electrons. The number of amides is 2. The van der Waals surface area contributed by atoms with Crippen LogP contribution in [0, 0.1) is 18.8 Å². The Kier molecular flexibility index (Phi) is 5.98. The van der Waals surface area contributed by atoms with Crippen molar-refractivity contribution in [2.45, 2.75) is 71.4 Å². The van der Waals surface area contributed by atoms with E-state index in [2.05, 4.69) is 26.0 Å². The minimum Gasteiger partial charge on any atom is -0.478 e. The number of hydrogen-bond donors (Lipinski definition) is 0. The maximum Gasteiger partial charge on any atom is 0.266 e. The maximum atomic E-state index is 13.4. The van der Waals surface area contributed by atoms with E-state index in [0.29, 0.717) is 24.2 Å². The van der Waals surface area contributed by atoms with Crippen LogP contribution in [-0.2, 0) is 9.59 Å². The van der Waals surface area contributed by atoms with E-state index >= 15 is 0 Å². The predicted molar refractivity (Wildman–Crippen MR) is 115 cm³/mol. The van der Waals surface area contributed by atoms with E-state index in [-0.39, 0.29) is 17.9 Å². The standard InChI is InChI=1S/C24H36N2O3/c1-15(2)20-9-8-16(3)10-21(20)29-24(4,5)23(28)26(7)19-11-17-13-22(27)25(6)14-18(17)12-19/h8-10,15,17-19H,11-14H2,1-7H3/t17-,18+,19-/m1/s1. The summed E-state index contributed by atoms with van der Waals surface area (Å²) in [5.74, 6) is 2.22. The van der Waals surface area contributed by atoms with Crippen molar-refractivity contribution in [1.82, 2.24) is 9.80 Å². The quantitative estimate of drug-likeness (QED) is 0.751. The van der Waals surface area contributed by atoms with E-state index in [0.717, 1.165) is 36.3 Å². The van der Waals surface area contributed by atoms with E-state index in [4.69, 9.17) is 4.74 Å². The lowest BCUT2D eigenvalue weighted by Gasteiger charge is -2.34. The Hall–Kier alpha value is -2.04. The maximum absolute atomic E-state index is 13.4. The van der Waals surface area contributed by atoms with E-state index in [1.54, 1.807) is 0 Å². The average molecular weight is 401 g/mol. The lowest BCUT2D eigenvalue weighted by Crippen LogP contribution is -2.50. The van der Waals surface area contributed by atoms with Crippen LogP contribution in [0.5, 0.6) is 5.75 Å². The molecule has 0 bridgehead atoms. The number of rotatable bonds is 5. The molecule has 5 nitrogen and oxygen atoms in total. The van der Waals surface area contributed by atoms with Gasteiger partial charge < -0.3 is 14.5 Å². The summed E-state index contributed by atoms with van der Waals surface area (Å²) >= 11 is 0. The molecule has 0 unspecified atom stereocenters. The topological polar surface area (TPSA) is 49.9 Å². The van der Waals surface area contributed by atoms with Gasteiger partial charge in [-0.25, -0.2) is 0 Å². The van der Waals surface area contributed by atoms with Gasteiger partial charge in [-0.3, -0.25) is 9.59 Å². The highest BCUT2D eigenvalue weighted by atomic mass is 16.5. The number of hydrogen-bond acceptors (Lipinski definition) is 3. The molecule has 0 spiro atoms. The normalized spacial score (nSPS) is 24.6. The Balaban J connectivity index is 1.72. The van der Waals surface area contributed by atoms with Crippen molar-refractivity contribution in [1.29, 1.82) is 0 Å². The zero-order valence-electron chi connectivity index (χ0n) is 19.0. The molecule has 2 amide bonds. The number of likely N-dealkylation sites (tertiary alicyclic amines) is 1. The molecular weight excluding hydrogens is 364 g/mol. The SMILES string of the molecule is Cc1ccc(C(C)C)c(OC(C)(C)C(=O)N(C)[C@@H]2C[C@@H]3CC(=O)N(C)C[C@@H]3C2)c1. The highest BCUT2D eigenvalue weighted by Gasteiger charge is 2.44. The van der Waals surface area contributed by atoms with Crippen LogP contribution < -0.4 is 4.74 Å². The van der Waals surface area contributed by atoms with E-state index < -0.39 is 5.60 Å². The number of ether oxygens (including phenoxy) is 1. The van der Waals surface area contributed by atoms with E-state index in [1.165, 1.54) is 0 Å². The van der Waals surface area contributed by atoms with Gasteiger partial charge >= 0.3 is 0 Å². The Morgan fingerprint density at radius 3 is 2.55 bits per heavy atom. The molecule has 0 N–H and O–H groups in total. The number of carbonyl (C=O) groups excluding carboxylic acids is 2. The van der Waals surface area contributed by atoms with Gasteiger partial charge in [-0.05, 0) is 68.6 Å². The monoisotopic (exact) mass is 400 g/mol. The molecule has 2 fully saturated rings. The Morgan fingerprint density at radius 2 is 1.90 bits per heavy atom. The number of piperidine rings is 1. The van der Waals surface area contributed by atoms with Crippen molar-refractivity contribution in [2.75, 3.05) is 20.6 Å². The number of carbonyl (C=O) groups is 2. The molecule has 1 heterocycles. The first-order valence-electron chi connectivity index (χ1n) is 10.8. The molecule has 2 aliphatic rings. The number of fused-ring (bicyclic) bond motifs is 1. The van der Waals surface area contributed by atoms with Crippen LogP contribution in [0.25, 0.3) is 0 Å². The predicted octanol–water partition coefficient (Wildman–Crippen LogP) is 3.99. The second-order valence-electron chi connectivity index (χ2n) is 9.85. The number of benzene rings is 1. The van der Waals surface area contributed by atoms with Gasteiger partial charge in [0, 0.05) is 33.1 Å². The summed E-state index contributed by atoms with van der Waals surface area (Å²) in [6.45, 7) is 10.8. The average Bonchev–Trinajstić information content (AvgIpc) is 3.03. The molecule has 1 aromatic carbocycles. The van der Waals surface area contributed by atoms with Gasteiger partial charge in [0.1, 0.15) is 5.75 Å². The van der Waals surface area contributed by atoms with Crippen LogP contribution in [0.4, 0.5) is 0 Å². The first-order chi connectivity index (χ1) is 13.5. The van der Waals surface area contributed by atoms with Gasteiger partial charge in [-0.1, -0.05) is 26.0 Å². The first kappa shape index (κ1) is 21.7. The van der Waals surface area contributed by atoms with Crippen molar-refractivity contribution < 1.29 is 14.3 Å². The largest absolute Gasteiger partial charge is 0.478 e. The number of likely N-dealkylation sites (N-methyl/N-ethyl adjacent to an activating group) is 1. The van der Waals surface area contributed by atoms with Gasteiger partial charge in [-0.15, -0.1) is 0 Å². The Labute approximate surface area is 175 Å². The second kappa shape index (κ2) is 8.00. The summed E-state index contributed by atoms with van der Waals surface area (Å²) in [7, 11) is 3.77. The summed E-state index contributed by atoms with van der Waals surface area (Å²) in [6, 6.07) is 6.37. The molecule has 5 heteroatoms. The summed E-state index contributed by atoms with van der Waals surface area (Å²) in [5, 5.41) is 0. The molecular formula is C24H36N2O3. The van der Waals surface area contributed by atoms with Crippen LogP contribution in [0.1, 0.15) is 64.0 Å². The van der Waals surface area contributed by atoms with Gasteiger partial charge in [0.25, 0.3) is 5.91 Å². The zero-order chi connectivity index (χ0) is 21.5. The third-order valence-corrected chi connectivity index (χ3v) is 6.73. The highest BCUT2D eigenvalue weighted by molar-refractivity contribution is 5.85. The third kappa shape index (κ3) is 4.44. The van der Waals surface area contributed by atoms with Crippen molar-refractivity contribution in [3.05, 3.63) is 29.3 Å². The number of aryl methyl sites for hydroxylation is 1. The minimum absolute atomic E-state index is 0.00274. The molecule has 3 rings (SSSR count). The molecule has 1 saturated heterocycles. The second-order valence-corrected chi connectivity index (χ2v) is 9.85. The van der Waals surface area contributed by atoms with E-state index in [1.807, 2.05) is 50.7 Å². The van der Waals surface area contributed by atoms with Crippen LogP contribution in [0.2, 0.25) is 0 Å². The first-order valence-corrected chi connectivity index (χ1v) is 10.8. The Bertz CT molecular complexity index is 786. The van der Waals surface area contributed by atoms with Crippen molar-refractivity contribution in [3.8, 4) is 5.75 Å². The van der Waals surface area contributed by atoms with Crippen LogP contribution in [-0.4, -0.2) is 53.9 Å². The third-order valence-electron chi connectivity index (χ3n) is 6.73. The molecule has 1 aliphatic carbocycles. The lowest BCUT2D eigenvalue weighted by atomic mass is 9.88. The zero-order valence-corrected chi connectivity index (χ0v) is 19.0. The molecule has 1 aromatic rings. The summed E-state index contributed by atoms with van der Waals surface area (Å²) < 4.78 is 6.32. The molecule has 0 aromatic heterocycles. The van der Waals surface area contributed by atoms with Gasteiger partial charge in [0.15, 0.2) is 5.60 Å². The molecule has 29 heavy (non-hydrogen) atoms. The fourth-order valence-electron chi connectivity index (χ4n) is 4.92. The molecule has 1 saturated carbocycles. The summed E-state index contributed by atoms with van der Waals surface area (Å²) in [5.41, 5.74) is 1.29. The molecule has 160 valence electrons. The Morgan fingerprint density at radius 1 is 1.24 bits per heavy atom. The van der Waals surface area contributed by atoms with Crippen LogP contribution in [0.15, 0.2) is 18.2 Å². The van der Waals surface area contributed by atoms with Gasteiger partial charge in [0.2, 0.25) is 5.91 Å². The summed E-state index contributed by atoms with van der Waals surface area (Å²) in [6.07, 6.45) is 2.48. The van der Waals surface area contributed by atoms with Crippen molar-refractivity contribution in [2.24, 2.45) is 11.8 Å². The lowest BCUT2D eigenvalue weighted by molar-refractivity contribution is -0.146. The minimum atomic E-state index is -0.952. The summed E-state index contributed by atoms with van der Waals surface area (Å²) in [4.78, 5) is 29.1. The smallest absolute Gasteiger partial charge is 0.266 e. The fraction of sp³-hybridized carbons (Fsp3) is 0.667. The highest BCUT2D eigenvalue weighted by Crippen LogP contribution is 2.40.